The zero-order valence-electron chi connectivity index (χ0n) is 36.3. The third-order valence-electron chi connectivity index (χ3n) is 16.5. The van der Waals surface area contributed by atoms with Gasteiger partial charge in [-0.15, -0.1) is 0 Å². The number of hydrogen-bond acceptors (Lipinski definition) is 1. The summed E-state index contributed by atoms with van der Waals surface area (Å²) in [7, 11) is 0. The van der Waals surface area contributed by atoms with E-state index in [1.165, 1.54) is 118 Å². The van der Waals surface area contributed by atoms with Crippen molar-refractivity contribution in [2.45, 2.75) is 88.9 Å². The van der Waals surface area contributed by atoms with Crippen LogP contribution < -0.4 is 4.90 Å². The average molecular weight is 792 g/mol. The Bertz CT molecular complexity index is 2780. The van der Waals surface area contributed by atoms with Gasteiger partial charge in [0, 0.05) is 22.5 Å². The minimum absolute atomic E-state index is 0.105. The molecule has 4 fully saturated rings. The van der Waals surface area contributed by atoms with E-state index in [0.29, 0.717) is 0 Å². The molecule has 0 amide bonds. The Labute approximate surface area is 363 Å². The van der Waals surface area contributed by atoms with Crippen LogP contribution in [-0.4, -0.2) is 0 Å². The predicted octanol–water partition coefficient (Wildman–Crippen LogP) is 16.2. The standard InChI is InChI=1S/C60H57N/c1-58(2)30-31-59(3,4)57-51(17-11-19-55(57)58)45-14-10-15-49(37-45)61(48-26-24-44(25-27-48)43-22-20-42(21-23-43)41-12-6-5-7-13-41)50-28-29-53-52-16-8-9-18-54(52)60(56(53)38-50)46-33-39-32-40(35-46)36-47(60)34-39/h5-29,37-40,46-47H,30-36H2,1-4H3. The first-order valence-corrected chi connectivity index (χ1v) is 23.2. The molecule has 0 radical (unpaired) electrons. The van der Waals surface area contributed by atoms with Crippen molar-refractivity contribution < 1.29 is 0 Å². The van der Waals surface area contributed by atoms with E-state index < -0.39 is 0 Å². The molecular formula is C60H57N. The van der Waals surface area contributed by atoms with Gasteiger partial charge in [-0.25, -0.2) is 0 Å². The lowest BCUT2D eigenvalue weighted by Crippen LogP contribution is -2.55. The minimum Gasteiger partial charge on any atom is -0.310 e. The number of rotatable bonds is 6. The topological polar surface area (TPSA) is 3.24 Å². The number of nitrogens with zero attached hydrogens (tertiary/aromatic N) is 1. The third kappa shape index (κ3) is 5.72. The zero-order valence-corrected chi connectivity index (χ0v) is 36.3. The van der Waals surface area contributed by atoms with Crippen molar-refractivity contribution in [2.24, 2.45) is 23.7 Å². The first-order chi connectivity index (χ1) is 29.7. The molecule has 0 heterocycles. The summed E-state index contributed by atoms with van der Waals surface area (Å²) in [6.45, 7) is 9.79. The Balaban J connectivity index is 1.00. The van der Waals surface area contributed by atoms with E-state index in [0.717, 1.165) is 23.7 Å². The highest BCUT2D eigenvalue weighted by Crippen LogP contribution is 2.69. The normalized spacial score (nSPS) is 24.6. The Hall–Kier alpha value is -5.66. The SMILES string of the molecule is CC1(C)CCC(C)(C)c2c(-c3cccc(N(c4ccc(-c5ccc(-c6ccccc6)cc5)cc4)c4ccc5c(c4)C4(c6ccccc6-5)C5CC6CC(C5)CC4C6)c3)cccc21. The largest absolute Gasteiger partial charge is 0.310 e. The highest BCUT2D eigenvalue weighted by atomic mass is 15.1. The number of fused-ring (bicyclic) bond motifs is 4. The lowest BCUT2D eigenvalue weighted by Gasteiger charge is -2.61. The molecule has 61 heavy (non-hydrogen) atoms. The Morgan fingerprint density at radius 1 is 0.377 bits per heavy atom. The first-order valence-electron chi connectivity index (χ1n) is 23.2. The Kier molecular flexibility index (Phi) is 8.32. The summed E-state index contributed by atoms with van der Waals surface area (Å²) in [5.41, 5.74) is 20.9. The fraction of sp³-hybridized carbons (Fsp3) is 0.300. The summed E-state index contributed by atoms with van der Waals surface area (Å²) in [6.07, 6.45) is 9.43. The van der Waals surface area contributed by atoms with E-state index in [9.17, 15) is 0 Å². The summed E-state index contributed by atoms with van der Waals surface area (Å²) in [6, 6.07) is 62.7. The predicted molar refractivity (Wildman–Crippen MR) is 256 cm³/mol. The molecule has 302 valence electrons. The van der Waals surface area contributed by atoms with Crippen molar-refractivity contribution in [3.8, 4) is 44.5 Å². The second-order valence-corrected chi connectivity index (χ2v) is 20.8. The van der Waals surface area contributed by atoms with Gasteiger partial charge in [-0.05, 0) is 183 Å². The lowest BCUT2D eigenvalue weighted by molar-refractivity contribution is -0.0399. The van der Waals surface area contributed by atoms with Crippen molar-refractivity contribution in [3.05, 3.63) is 186 Å². The first kappa shape index (κ1) is 37.1. The van der Waals surface area contributed by atoms with Gasteiger partial charge in [-0.2, -0.15) is 0 Å². The average Bonchev–Trinajstić information content (AvgIpc) is 3.57. The summed E-state index contributed by atoms with van der Waals surface area (Å²) < 4.78 is 0. The van der Waals surface area contributed by atoms with Gasteiger partial charge in [0.25, 0.3) is 0 Å². The number of hydrogen-bond donors (Lipinski definition) is 0. The second kappa shape index (κ2) is 13.7. The molecule has 1 nitrogen and oxygen atoms in total. The van der Waals surface area contributed by atoms with E-state index in [2.05, 4.69) is 196 Å². The van der Waals surface area contributed by atoms with Crippen molar-refractivity contribution in [1.29, 1.82) is 0 Å². The zero-order chi connectivity index (χ0) is 41.1. The lowest BCUT2D eigenvalue weighted by atomic mass is 9.43. The van der Waals surface area contributed by atoms with E-state index >= 15 is 0 Å². The molecule has 0 unspecified atom stereocenters. The highest BCUT2D eigenvalue weighted by molar-refractivity contribution is 5.88. The van der Waals surface area contributed by atoms with Gasteiger partial charge in [0.05, 0.1) is 0 Å². The molecule has 6 aliphatic carbocycles. The molecule has 13 rings (SSSR count). The second-order valence-electron chi connectivity index (χ2n) is 20.8. The van der Waals surface area contributed by atoms with Crippen LogP contribution in [0.25, 0.3) is 44.5 Å². The van der Waals surface area contributed by atoms with E-state index in [1.54, 1.807) is 11.1 Å². The molecule has 6 aliphatic rings. The summed E-state index contributed by atoms with van der Waals surface area (Å²) in [5.74, 6) is 3.28. The van der Waals surface area contributed by atoms with E-state index in [-0.39, 0.29) is 16.2 Å². The summed E-state index contributed by atoms with van der Waals surface area (Å²) in [5, 5.41) is 0. The molecule has 0 atom stereocenters. The molecular weight excluding hydrogens is 735 g/mol. The van der Waals surface area contributed by atoms with Crippen LogP contribution in [-0.2, 0) is 16.2 Å². The van der Waals surface area contributed by atoms with Gasteiger partial charge in [0.1, 0.15) is 0 Å². The molecule has 4 saturated carbocycles. The van der Waals surface area contributed by atoms with Gasteiger partial charge in [0.15, 0.2) is 0 Å². The quantitative estimate of drug-likeness (QED) is 0.162. The molecule has 4 bridgehead atoms. The number of anilines is 3. The molecule has 7 aromatic rings. The van der Waals surface area contributed by atoms with Crippen molar-refractivity contribution >= 4 is 17.1 Å². The fourth-order valence-corrected chi connectivity index (χ4v) is 13.8. The maximum atomic E-state index is 2.65. The highest BCUT2D eigenvalue weighted by Gasteiger charge is 2.61. The summed E-state index contributed by atoms with van der Waals surface area (Å²) in [4.78, 5) is 2.56. The van der Waals surface area contributed by atoms with Gasteiger partial charge in [-0.1, -0.05) is 155 Å². The smallest absolute Gasteiger partial charge is 0.0467 e. The molecule has 0 aliphatic heterocycles. The van der Waals surface area contributed by atoms with Crippen LogP contribution in [0.1, 0.15) is 94.9 Å². The molecule has 0 saturated heterocycles. The molecule has 0 aromatic heterocycles. The van der Waals surface area contributed by atoms with Crippen molar-refractivity contribution in [3.63, 3.8) is 0 Å². The van der Waals surface area contributed by atoms with Gasteiger partial charge >= 0.3 is 0 Å². The van der Waals surface area contributed by atoms with Crippen LogP contribution in [0.2, 0.25) is 0 Å². The number of benzene rings is 7. The van der Waals surface area contributed by atoms with Crippen LogP contribution in [0.15, 0.2) is 164 Å². The monoisotopic (exact) mass is 791 g/mol. The van der Waals surface area contributed by atoms with Gasteiger partial charge < -0.3 is 4.90 Å². The maximum absolute atomic E-state index is 2.65. The van der Waals surface area contributed by atoms with Crippen LogP contribution in [0.3, 0.4) is 0 Å². The molecule has 1 heteroatoms. The van der Waals surface area contributed by atoms with Crippen LogP contribution in [0, 0.1) is 23.7 Å². The van der Waals surface area contributed by atoms with Gasteiger partial charge in [0.2, 0.25) is 0 Å². The third-order valence-corrected chi connectivity index (χ3v) is 16.5. The minimum atomic E-state index is 0.105. The van der Waals surface area contributed by atoms with Crippen LogP contribution in [0.5, 0.6) is 0 Å². The van der Waals surface area contributed by atoms with E-state index in [1.807, 2.05) is 0 Å². The van der Waals surface area contributed by atoms with Crippen molar-refractivity contribution in [1.82, 2.24) is 0 Å². The van der Waals surface area contributed by atoms with Gasteiger partial charge in [-0.3, -0.25) is 0 Å². The van der Waals surface area contributed by atoms with E-state index in [4.69, 9.17) is 0 Å². The molecule has 0 N–H and O–H groups in total. The summed E-state index contributed by atoms with van der Waals surface area (Å²) >= 11 is 0. The van der Waals surface area contributed by atoms with Crippen molar-refractivity contribution in [2.75, 3.05) is 4.90 Å². The Morgan fingerprint density at radius 2 is 0.885 bits per heavy atom. The maximum Gasteiger partial charge on any atom is 0.0467 e. The fourth-order valence-electron chi connectivity index (χ4n) is 13.8. The molecule has 7 aromatic carbocycles. The Morgan fingerprint density at radius 3 is 1.59 bits per heavy atom. The molecule has 1 spiro atoms. The van der Waals surface area contributed by atoms with Crippen LogP contribution >= 0.6 is 0 Å². The van der Waals surface area contributed by atoms with Crippen LogP contribution in [0.4, 0.5) is 17.1 Å².